The molecule has 3 heterocycles. The minimum Gasteiger partial charge on any atom is -0.378 e. The van der Waals surface area contributed by atoms with E-state index in [1.165, 1.54) is 0 Å². The molecule has 0 radical (unpaired) electrons. The molecule has 0 spiro atoms. The molecule has 0 amide bonds. The number of rotatable bonds is 2. The minimum absolute atomic E-state index is 0.0309. The number of hydrogen-bond donors (Lipinski definition) is 1. The molecule has 0 aromatic carbocycles. The number of ether oxygens (including phenoxy) is 1. The van der Waals surface area contributed by atoms with Gasteiger partial charge in [-0.1, -0.05) is 5.16 Å². The lowest BCUT2D eigenvalue weighted by atomic mass is 10.2. The van der Waals surface area contributed by atoms with E-state index in [9.17, 15) is 0 Å². The third-order valence-corrected chi connectivity index (χ3v) is 3.99. The van der Waals surface area contributed by atoms with Crippen molar-refractivity contribution in [1.29, 1.82) is 0 Å². The number of morpholine rings is 1. The van der Waals surface area contributed by atoms with Gasteiger partial charge in [0.2, 0.25) is 0 Å². The molecule has 2 aromatic rings. The van der Waals surface area contributed by atoms with Gasteiger partial charge in [0.15, 0.2) is 5.82 Å². The first-order valence-corrected chi connectivity index (χ1v) is 6.89. The number of nitrogens with zero attached hydrogens (tertiary/aromatic N) is 2. The van der Waals surface area contributed by atoms with E-state index in [4.69, 9.17) is 9.26 Å². The maximum Gasteiger partial charge on any atom is 0.258 e. The van der Waals surface area contributed by atoms with Crippen molar-refractivity contribution in [1.82, 2.24) is 15.5 Å². The minimum atomic E-state index is 0.0309. The van der Waals surface area contributed by atoms with Crippen molar-refractivity contribution in [2.45, 2.75) is 6.04 Å². The normalized spacial score (nSPS) is 20.6. The number of nitrogens with one attached hydrogen (secondary N) is 1. The summed E-state index contributed by atoms with van der Waals surface area (Å²) < 4.78 is 11.7. The molecule has 1 fully saturated rings. The maximum atomic E-state index is 5.37. The third kappa shape index (κ3) is 2.42. The van der Waals surface area contributed by atoms with Crippen LogP contribution in [0.4, 0.5) is 0 Å². The zero-order valence-corrected chi connectivity index (χ0v) is 11.3. The average Bonchev–Trinajstić information content (AvgIpc) is 2.98. The Morgan fingerprint density at radius 2 is 2.47 bits per heavy atom. The summed E-state index contributed by atoms with van der Waals surface area (Å²) in [5.74, 6) is 1.20. The predicted octanol–water partition coefficient (Wildman–Crippen LogP) is 2.22. The zero-order chi connectivity index (χ0) is 11.7. The van der Waals surface area contributed by atoms with Crippen molar-refractivity contribution < 1.29 is 9.26 Å². The van der Waals surface area contributed by atoms with Crippen molar-refractivity contribution >= 4 is 27.3 Å². The largest absolute Gasteiger partial charge is 0.378 e. The van der Waals surface area contributed by atoms with Gasteiger partial charge in [-0.2, -0.15) is 4.98 Å². The Morgan fingerprint density at radius 1 is 1.53 bits per heavy atom. The van der Waals surface area contributed by atoms with Gasteiger partial charge in [0, 0.05) is 11.9 Å². The van der Waals surface area contributed by atoms with Crippen LogP contribution < -0.4 is 5.32 Å². The lowest BCUT2D eigenvalue weighted by Gasteiger charge is -2.20. The van der Waals surface area contributed by atoms with Gasteiger partial charge >= 0.3 is 0 Å². The van der Waals surface area contributed by atoms with Crippen molar-refractivity contribution in [2.75, 3.05) is 19.8 Å². The van der Waals surface area contributed by atoms with Crippen LogP contribution in [0.2, 0.25) is 0 Å². The van der Waals surface area contributed by atoms with Gasteiger partial charge in [-0.25, -0.2) is 0 Å². The number of aromatic nitrogens is 2. The summed E-state index contributed by atoms with van der Waals surface area (Å²) in [6.45, 7) is 2.14. The first kappa shape index (κ1) is 11.3. The molecular formula is C10H10BrN3O2S. The van der Waals surface area contributed by atoms with Crippen LogP contribution in [-0.4, -0.2) is 29.9 Å². The van der Waals surface area contributed by atoms with E-state index in [1.807, 2.05) is 11.4 Å². The zero-order valence-electron chi connectivity index (χ0n) is 8.85. The molecule has 90 valence electrons. The smallest absolute Gasteiger partial charge is 0.258 e. The highest BCUT2D eigenvalue weighted by Crippen LogP contribution is 2.28. The molecule has 3 rings (SSSR count). The van der Waals surface area contributed by atoms with Gasteiger partial charge in [0.25, 0.3) is 5.89 Å². The van der Waals surface area contributed by atoms with Gasteiger partial charge in [-0.3, -0.25) is 0 Å². The van der Waals surface area contributed by atoms with Crippen LogP contribution in [0.3, 0.4) is 0 Å². The molecule has 7 heteroatoms. The fraction of sp³-hybridized carbons (Fsp3) is 0.400. The Bertz CT molecular complexity index is 507. The van der Waals surface area contributed by atoms with E-state index < -0.39 is 0 Å². The van der Waals surface area contributed by atoms with Crippen molar-refractivity contribution in [3.8, 4) is 11.5 Å². The molecule has 1 unspecified atom stereocenters. The van der Waals surface area contributed by atoms with Gasteiger partial charge in [0.05, 0.1) is 28.6 Å². The predicted molar refractivity (Wildman–Crippen MR) is 66.9 cm³/mol. The number of hydrogen-bond acceptors (Lipinski definition) is 6. The van der Waals surface area contributed by atoms with Crippen LogP contribution in [0.1, 0.15) is 11.9 Å². The molecule has 1 saturated heterocycles. The summed E-state index contributed by atoms with van der Waals surface area (Å²) in [5.41, 5.74) is 0.942. The second-order valence-electron chi connectivity index (χ2n) is 3.68. The highest BCUT2D eigenvalue weighted by Gasteiger charge is 2.21. The highest BCUT2D eigenvalue weighted by atomic mass is 79.9. The molecule has 0 saturated carbocycles. The maximum absolute atomic E-state index is 5.37. The van der Waals surface area contributed by atoms with Gasteiger partial charge < -0.3 is 14.6 Å². The van der Waals surface area contributed by atoms with E-state index in [-0.39, 0.29) is 6.04 Å². The van der Waals surface area contributed by atoms with Crippen LogP contribution in [0.5, 0.6) is 0 Å². The Hall–Kier alpha value is -0.760. The molecule has 2 aromatic heterocycles. The number of halogens is 1. The SMILES string of the molecule is Brc1cc(-c2nc(C3COCCN3)no2)cs1. The van der Waals surface area contributed by atoms with Crippen LogP contribution in [0.15, 0.2) is 19.8 Å². The van der Waals surface area contributed by atoms with E-state index in [2.05, 4.69) is 31.4 Å². The highest BCUT2D eigenvalue weighted by molar-refractivity contribution is 9.11. The summed E-state index contributed by atoms with van der Waals surface area (Å²) in [7, 11) is 0. The third-order valence-electron chi connectivity index (χ3n) is 2.49. The van der Waals surface area contributed by atoms with Gasteiger partial charge in [0.1, 0.15) is 0 Å². The van der Waals surface area contributed by atoms with Crippen molar-refractivity contribution in [3.63, 3.8) is 0 Å². The lowest BCUT2D eigenvalue weighted by Crippen LogP contribution is -2.35. The van der Waals surface area contributed by atoms with E-state index in [1.54, 1.807) is 11.3 Å². The van der Waals surface area contributed by atoms with Crippen LogP contribution >= 0.6 is 27.3 Å². The van der Waals surface area contributed by atoms with E-state index in [0.29, 0.717) is 18.3 Å². The van der Waals surface area contributed by atoms with Crippen LogP contribution in [-0.2, 0) is 4.74 Å². The monoisotopic (exact) mass is 315 g/mol. The molecular weight excluding hydrogens is 306 g/mol. The fourth-order valence-corrected chi connectivity index (χ4v) is 2.78. The Kier molecular flexibility index (Phi) is 3.24. The summed E-state index contributed by atoms with van der Waals surface area (Å²) >= 11 is 5.00. The molecule has 1 N–H and O–H groups in total. The van der Waals surface area contributed by atoms with Crippen molar-refractivity contribution in [3.05, 3.63) is 21.1 Å². The molecule has 1 aliphatic rings. The van der Waals surface area contributed by atoms with E-state index in [0.717, 1.165) is 22.5 Å². The molecule has 1 aliphatic heterocycles. The van der Waals surface area contributed by atoms with Crippen LogP contribution in [0, 0.1) is 0 Å². The Labute approximate surface area is 110 Å². The molecule has 0 bridgehead atoms. The summed E-state index contributed by atoms with van der Waals surface area (Å²) in [6, 6.07) is 2.00. The average molecular weight is 316 g/mol. The topological polar surface area (TPSA) is 60.2 Å². The summed E-state index contributed by atoms with van der Waals surface area (Å²) in [6.07, 6.45) is 0. The summed E-state index contributed by atoms with van der Waals surface area (Å²) in [4.78, 5) is 4.38. The fourth-order valence-electron chi connectivity index (χ4n) is 1.65. The van der Waals surface area contributed by atoms with E-state index >= 15 is 0 Å². The molecule has 1 atom stereocenters. The lowest BCUT2D eigenvalue weighted by molar-refractivity contribution is 0.0734. The molecule has 5 nitrogen and oxygen atoms in total. The standard InChI is InChI=1S/C10H10BrN3O2S/c11-8-3-6(5-17-8)10-13-9(14-16-10)7-4-15-2-1-12-7/h3,5,7,12H,1-2,4H2. The van der Waals surface area contributed by atoms with Gasteiger partial charge in [-0.15, -0.1) is 11.3 Å². The Morgan fingerprint density at radius 3 is 3.18 bits per heavy atom. The summed E-state index contributed by atoms with van der Waals surface area (Å²) in [5, 5.41) is 9.25. The molecule has 17 heavy (non-hydrogen) atoms. The quantitative estimate of drug-likeness (QED) is 0.920. The first-order valence-electron chi connectivity index (χ1n) is 5.22. The molecule has 0 aliphatic carbocycles. The Balaban J connectivity index is 1.82. The van der Waals surface area contributed by atoms with Gasteiger partial charge in [-0.05, 0) is 22.0 Å². The second-order valence-corrected chi connectivity index (χ2v) is 5.97. The second kappa shape index (κ2) is 4.85. The van der Waals surface area contributed by atoms with Crippen LogP contribution in [0.25, 0.3) is 11.5 Å². The van der Waals surface area contributed by atoms with Crippen molar-refractivity contribution in [2.24, 2.45) is 0 Å². The first-order chi connectivity index (χ1) is 8.33. The number of thiophene rings is 1.